The summed E-state index contributed by atoms with van der Waals surface area (Å²) >= 11 is 1.47. The third-order valence-corrected chi connectivity index (χ3v) is 3.73. The number of carbonyl (C=O) groups excluding carboxylic acids is 1. The van der Waals surface area contributed by atoms with Gasteiger partial charge >= 0.3 is 0 Å². The number of nitrogens with one attached hydrogen (secondary N) is 2. The van der Waals surface area contributed by atoms with Crippen LogP contribution in [0.2, 0.25) is 0 Å². The van der Waals surface area contributed by atoms with E-state index in [4.69, 9.17) is 0 Å². The average Bonchev–Trinajstić information content (AvgIpc) is 3.17. The van der Waals surface area contributed by atoms with Gasteiger partial charge in [-0.25, -0.2) is 4.98 Å². The number of aromatic amines is 1. The summed E-state index contributed by atoms with van der Waals surface area (Å²) in [6.07, 6.45) is 1.71. The number of aryl methyl sites for hydroxylation is 2. The highest BCUT2D eigenvalue weighted by Gasteiger charge is 2.12. The number of amides is 1. The first-order valence-corrected chi connectivity index (χ1v) is 7.22. The lowest BCUT2D eigenvalue weighted by atomic mass is 10.1. The van der Waals surface area contributed by atoms with E-state index in [0.29, 0.717) is 5.69 Å². The van der Waals surface area contributed by atoms with Gasteiger partial charge in [-0.15, -0.1) is 16.4 Å². The van der Waals surface area contributed by atoms with Crippen LogP contribution in [0.3, 0.4) is 0 Å². The van der Waals surface area contributed by atoms with Crippen molar-refractivity contribution in [2.75, 3.05) is 5.32 Å². The molecule has 0 saturated heterocycles. The molecule has 2 heterocycles. The largest absolute Gasteiger partial charge is 0.286 e. The Labute approximate surface area is 124 Å². The van der Waals surface area contributed by atoms with Gasteiger partial charge in [0.25, 0.3) is 11.9 Å². The Balaban J connectivity index is 1.59. The van der Waals surface area contributed by atoms with Crippen LogP contribution in [-0.4, -0.2) is 31.5 Å². The Morgan fingerprint density at radius 3 is 2.86 bits per heavy atom. The average molecular weight is 300 g/mol. The summed E-state index contributed by atoms with van der Waals surface area (Å²) in [5, 5.41) is 18.1. The molecule has 1 amide bonds. The second-order valence-corrected chi connectivity index (χ2v) is 5.24. The van der Waals surface area contributed by atoms with Gasteiger partial charge in [-0.3, -0.25) is 10.1 Å². The molecule has 0 radical (unpaired) electrons. The van der Waals surface area contributed by atoms with Crippen molar-refractivity contribution in [3.05, 3.63) is 52.0 Å². The SMILES string of the molecule is O=C(Nc1nn[nH]n1)c1csc(CCc2ccccc2)n1. The van der Waals surface area contributed by atoms with Crippen LogP contribution in [-0.2, 0) is 12.8 Å². The fraction of sp³-hybridized carbons (Fsp3) is 0.154. The van der Waals surface area contributed by atoms with Crippen molar-refractivity contribution in [3.63, 3.8) is 0 Å². The molecule has 21 heavy (non-hydrogen) atoms. The van der Waals surface area contributed by atoms with Crippen LogP contribution >= 0.6 is 11.3 Å². The Hall–Kier alpha value is -2.61. The predicted molar refractivity (Wildman–Crippen MR) is 78.1 cm³/mol. The lowest BCUT2D eigenvalue weighted by Gasteiger charge is -1.98. The molecule has 106 valence electrons. The van der Waals surface area contributed by atoms with Crippen molar-refractivity contribution in [1.82, 2.24) is 25.6 Å². The molecule has 8 heteroatoms. The second kappa shape index (κ2) is 6.23. The van der Waals surface area contributed by atoms with Crippen molar-refractivity contribution in [3.8, 4) is 0 Å². The van der Waals surface area contributed by atoms with Gasteiger partial charge in [-0.2, -0.15) is 5.21 Å². The number of H-pyrrole nitrogens is 1. The second-order valence-electron chi connectivity index (χ2n) is 4.30. The minimum absolute atomic E-state index is 0.138. The number of rotatable bonds is 5. The Morgan fingerprint density at radius 2 is 2.10 bits per heavy atom. The Bertz CT molecular complexity index is 709. The van der Waals surface area contributed by atoms with Gasteiger partial charge in [-0.1, -0.05) is 35.4 Å². The van der Waals surface area contributed by atoms with E-state index in [9.17, 15) is 4.79 Å². The first kappa shape index (κ1) is 13.4. The van der Waals surface area contributed by atoms with Crippen LogP contribution in [0, 0.1) is 0 Å². The van der Waals surface area contributed by atoms with Gasteiger partial charge in [0.1, 0.15) is 5.69 Å². The van der Waals surface area contributed by atoms with Gasteiger partial charge in [0, 0.05) is 11.8 Å². The number of hydrogen-bond acceptors (Lipinski definition) is 6. The van der Waals surface area contributed by atoms with Crippen LogP contribution in [0.15, 0.2) is 35.7 Å². The van der Waals surface area contributed by atoms with Gasteiger partial charge in [-0.05, 0) is 17.2 Å². The molecule has 0 atom stereocenters. The maximum absolute atomic E-state index is 11.9. The molecular formula is C13H12N6OS. The zero-order valence-electron chi connectivity index (χ0n) is 11.0. The number of carbonyl (C=O) groups is 1. The number of hydrogen-bond donors (Lipinski definition) is 2. The fourth-order valence-electron chi connectivity index (χ4n) is 1.81. The molecule has 0 bridgehead atoms. The van der Waals surface area contributed by atoms with E-state index in [1.807, 2.05) is 18.2 Å². The topological polar surface area (TPSA) is 96.5 Å². The Morgan fingerprint density at radius 1 is 1.24 bits per heavy atom. The minimum atomic E-state index is -0.335. The molecule has 7 nitrogen and oxygen atoms in total. The molecule has 0 unspecified atom stereocenters. The Kier molecular flexibility index (Phi) is 3.97. The number of nitrogens with zero attached hydrogens (tertiary/aromatic N) is 4. The summed E-state index contributed by atoms with van der Waals surface area (Å²) in [5.74, 6) is -0.197. The van der Waals surface area contributed by atoms with Crippen LogP contribution in [0.5, 0.6) is 0 Å². The molecule has 0 aliphatic carbocycles. The summed E-state index contributed by atoms with van der Waals surface area (Å²) in [6.45, 7) is 0. The van der Waals surface area contributed by atoms with E-state index >= 15 is 0 Å². The molecule has 0 saturated carbocycles. The summed E-state index contributed by atoms with van der Waals surface area (Å²) in [6, 6.07) is 10.2. The van der Waals surface area contributed by atoms with E-state index < -0.39 is 0 Å². The van der Waals surface area contributed by atoms with Gasteiger partial charge < -0.3 is 0 Å². The van der Waals surface area contributed by atoms with E-state index in [2.05, 4.69) is 43.1 Å². The maximum Gasteiger partial charge on any atom is 0.277 e. The minimum Gasteiger partial charge on any atom is -0.286 e. The molecule has 0 aliphatic rings. The highest BCUT2D eigenvalue weighted by molar-refractivity contribution is 7.09. The number of tetrazole rings is 1. The zero-order valence-corrected chi connectivity index (χ0v) is 11.8. The molecule has 3 rings (SSSR count). The summed E-state index contributed by atoms with van der Waals surface area (Å²) in [5.41, 5.74) is 1.62. The summed E-state index contributed by atoms with van der Waals surface area (Å²) < 4.78 is 0. The van der Waals surface area contributed by atoms with Crippen LogP contribution < -0.4 is 5.32 Å². The van der Waals surface area contributed by atoms with E-state index in [-0.39, 0.29) is 11.9 Å². The quantitative estimate of drug-likeness (QED) is 0.747. The third-order valence-electron chi connectivity index (χ3n) is 2.83. The van der Waals surface area contributed by atoms with Crippen LogP contribution in [0.4, 0.5) is 5.95 Å². The van der Waals surface area contributed by atoms with Crippen molar-refractivity contribution in [1.29, 1.82) is 0 Å². The number of aromatic nitrogens is 5. The number of thiazole rings is 1. The summed E-state index contributed by atoms with van der Waals surface area (Å²) in [7, 11) is 0. The predicted octanol–water partition coefficient (Wildman–Crippen LogP) is 1.69. The van der Waals surface area contributed by atoms with Gasteiger partial charge in [0.2, 0.25) is 0 Å². The molecule has 2 aromatic heterocycles. The third kappa shape index (κ3) is 3.48. The van der Waals surface area contributed by atoms with Gasteiger partial charge in [0.15, 0.2) is 0 Å². The van der Waals surface area contributed by atoms with Crippen molar-refractivity contribution in [2.24, 2.45) is 0 Å². The number of benzene rings is 1. The standard InChI is InChI=1S/C13H12N6OS/c20-12(15-13-16-18-19-17-13)10-8-21-11(14-10)7-6-9-4-2-1-3-5-9/h1-5,8H,6-7H2,(H2,15,16,17,18,19,20). The first-order chi connectivity index (χ1) is 10.3. The van der Waals surface area contributed by atoms with Crippen molar-refractivity contribution >= 4 is 23.2 Å². The smallest absolute Gasteiger partial charge is 0.277 e. The zero-order chi connectivity index (χ0) is 14.5. The van der Waals surface area contributed by atoms with Gasteiger partial charge in [0.05, 0.1) is 5.01 Å². The number of anilines is 1. The van der Waals surface area contributed by atoms with Crippen molar-refractivity contribution < 1.29 is 4.79 Å². The lowest BCUT2D eigenvalue weighted by molar-refractivity contribution is 0.102. The summed E-state index contributed by atoms with van der Waals surface area (Å²) in [4.78, 5) is 16.2. The van der Waals surface area contributed by atoms with E-state index in [0.717, 1.165) is 17.8 Å². The van der Waals surface area contributed by atoms with E-state index in [1.165, 1.54) is 16.9 Å². The molecule has 0 aliphatic heterocycles. The normalized spacial score (nSPS) is 10.5. The molecular weight excluding hydrogens is 288 g/mol. The van der Waals surface area contributed by atoms with E-state index in [1.54, 1.807) is 5.38 Å². The first-order valence-electron chi connectivity index (χ1n) is 6.34. The molecule has 2 N–H and O–H groups in total. The van der Waals surface area contributed by atoms with Crippen molar-refractivity contribution in [2.45, 2.75) is 12.8 Å². The molecule has 0 spiro atoms. The molecule has 3 aromatic rings. The van der Waals surface area contributed by atoms with Crippen LogP contribution in [0.25, 0.3) is 0 Å². The fourth-order valence-corrected chi connectivity index (χ4v) is 2.58. The molecule has 1 aromatic carbocycles. The lowest BCUT2D eigenvalue weighted by Crippen LogP contribution is -2.13. The highest BCUT2D eigenvalue weighted by Crippen LogP contribution is 2.14. The monoisotopic (exact) mass is 300 g/mol. The highest BCUT2D eigenvalue weighted by atomic mass is 32.1. The molecule has 0 fully saturated rings. The van der Waals surface area contributed by atoms with Crippen LogP contribution in [0.1, 0.15) is 21.1 Å². The maximum atomic E-state index is 11.9.